The number of rotatable bonds is 6. The summed E-state index contributed by atoms with van der Waals surface area (Å²) in [5, 5.41) is 2.88. The summed E-state index contributed by atoms with van der Waals surface area (Å²) in [6.07, 6.45) is 0.873. The Hall–Kier alpha value is -3.10. The van der Waals surface area contributed by atoms with E-state index in [4.69, 9.17) is 21.1 Å². The van der Waals surface area contributed by atoms with Crippen LogP contribution in [0.25, 0.3) is 0 Å². The number of hydrogen-bond donors (Lipinski definition) is 1. The normalized spacial score (nSPS) is 14.6. The van der Waals surface area contributed by atoms with Gasteiger partial charge in [0.25, 0.3) is 5.91 Å². The summed E-state index contributed by atoms with van der Waals surface area (Å²) in [5.74, 6) is 0.236. The first kappa shape index (κ1) is 27.9. The molecule has 38 heavy (non-hydrogen) atoms. The van der Waals surface area contributed by atoms with Crippen molar-refractivity contribution in [2.75, 3.05) is 7.05 Å². The van der Waals surface area contributed by atoms with Gasteiger partial charge in [0.05, 0.1) is 5.02 Å². The highest BCUT2D eigenvalue weighted by atomic mass is 79.9. The fourth-order valence-electron chi connectivity index (χ4n) is 4.30. The Morgan fingerprint density at radius 2 is 1.82 bits per heavy atom. The summed E-state index contributed by atoms with van der Waals surface area (Å²) in [5.41, 5.74) is 2.91. The van der Waals surface area contributed by atoms with Crippen LogP contribution in [0.4, 0.5) is 9.18 Å². The molecule has 6 nitrogen and oxygen atoms in total. The molecule has 0 bridgehead atoms. The van der Waals surface area contributed by atoms with E-state index < -0.39 is 17.5 Å². The van der Waals surface area contributed by atoms with Crippen LogP contribution in [0.1, 0.15) is 47.8 Å². The number of benzene rings is 3. The molecule has 1 atom stereocenters. The third kappa shape index (κ3) is 7.05. The fraction of sp³-hybridized carbons (Fsp3) is 0.310. The van der Waals surface area contributed by atoms with Crippen LogP contribution in [0.15, 0.2) is 59.1 Å². The minimum Gasteiger partial charge on any atom is -0.457 e. The molecule has 1 aliphatic carbocycles. The molecule has 4 rings (SSSR count). The number of ether oxygens (including phenoxy) is 2. The summed E-state index contributed by atoms with van der Waals surface area (Å²) in [6.45, 7) is 5.76. The van der Waals surface area contributed by atoms with Gasteiger partial charge in [0, 0.05) is 41.3 Å². The lowest BCUT2D eigenvalue weighted by Gasteiger charge is -2.21. The van der Waals surface area contributed by atoms with E-state index in [1.807, 2.05) is 51.1 Å². The van der Waals surface area contributed by atoms with E-state index >= 15 is 0 Å². The Labute approximate surface area is 235 Å². The summed E-state index contributed by atoms with van der Waals surface area (Å²) >= 11 is 9.35. The largest absolute Gasteiger partial charge is 0.457 e. The number of carbonyl (C=O) groups is 2. The second kappa shape index (κ2) is 11.3. The topological polar surface area (TPSA) is 67.9 Å². The Kier molecular flexibility index (Phi) is 8.33. The molecule has 0 heterocycles. The first-order valence-electron chi connectivity index (χ1n) is 12.2. The van der Waals surface area contributed by atoms with E-state index in [1.54, 1.807) is 18.0 Å². The fourth-order valence-corrected chi connectivity index (χ4v) is 4.81. The maximum atomic E-state index is 13.6. The molecule has 0 saturated carbocycles. The van der Waals surface area contributed by atoms with Gasteiger partial charge in [-0.3, -0.25) is 4.79 Å². The minimum atomic E-state index is -0.564. The summed E-state index contributed by atoms with van der Waals surface area (Å²) in [7, 11) is 1.73. The molecule has 3 aromatic carbocycles. The molecule has 0 fully saturated rings. The van der Waals surface area contributed by atoms with E-state index in [0.29, 0.717) is 29.9 Å². The van der Waals surface area contributed by atoms with Gasteiger partial charge in [-0.25, -0.2) is 9.18 Å². The van der Waals surface area contributed by atoms with Crippen LogP contribution in [0.2, 0.25) is 5.02 Å². The number of carbonyl (C=O) groups excluding carboxylic acids is 2. The van der Waals surface area contributed by atoms with Gasteiger partial charge in [-0.15, -0.1) is 0 Å². The van der Waals surface area contributed by atoms with Gasteiger partial charge in [0.2, 0.25) is 0 Å². The first-order valence-corrected chi connectivity index (χ1v) is 13.3. The first-order chi connectivity index (χ1) is 17.9. The molecule has 0 saturated heterocycles. The monoisotopic (exact) mass is 602 g/mol. The average molecular weight is 604 g/mol. The van der Waals surface area contributed by atoms with Gasteiger partial charge in [-0.2, -0.15) is 0 Å². The maximum absolute atomic E-state index is 13.6. The highest BCUT2D eigenvalue weighted by molar-refractivity contribution is 9.10. The quantitative estimate of drug-likeness (QED) is 0.321. The summed E-state index contributed by atoms with van der Waals surface area (Å²) in [6, 6.07) is 15.2. The lowest BCUT2D eigenvalue weighted by molar-refractivity contribution is 0.0506. The number of nitrogens with zero attached hydrogens (tertiary/aromatic N) is 1. The molecule has 200 valence electrons. The molecular formula is C29H29BrClFN2O4. The van der Waals surface area contributed by atoms with Crippen molar-refractivity contribution in [1.82, 2.24) is 10.2 Å². The smallest absolute Gasteiger partial charge is 0.407 e. The molecular weight excluding hydrogens is 575 g/mol. The molecule has 0 aliphatic heterocycles. The van der Waals surface area contributed by atoms with Gasteiger partial charge >= 0.3 is 6.09 Å². The van der Waals surface area contributed by atoms with Gasteiger partial charge in [0.15, 0.2) is 0 Å². The minimum absolute atomic E-state index is 0.0357. The SMILES string of the molecule is CN(Cc1ccc(Br)cc1Oc1ccc(F)c(Cl)c1)C(=O)c1ccc2c(c1)CC(NC(=O)OC(C)(C)C)C2. The van der Waals surface area contributed by atoms with E-state index in [-0.39, 0.29) is 23.5 Å². The molecule has 0 radical (unpaired) electrons. The predicted molar refractivity (Wildman–Crippen MR) is 148 cm³/mol. The molecule has 3 aromatic rings. The van der Waals surface area contributed by atoms with Crippen LogP contribution in [-0.4, -0.2) is 35.6 Å². The van der Waals surface area contributed by atoms with Crippen molar-refractivity contribution in [3.63, 3.8) is 0 Å². The van der Waals surface area contributed by atoms with Gasteiger partial charge in [-0.1, -0.05) is 39.7 Å². The van der Waals surface area contributed by atoms with E-state index in [2.05, 4.69) is 21.2 Å². The summed E-state index contributed by atoms with van der Waals surface area (Å²) in [4.78, 5) is 27.1. The van der Waals surface area contributed by atoms with Gasteiger partial charge in [0.1, 0.15) is 22.9 Å². The standard InChI is InChI=1S/C29H29BrClFN2O4/c1-29(2,3)38-28(36)33-22-12-17-5-6-18(11-20(17)13-22)27(35)34(4)16-19-7-8-21(30)14-26(19)37-23-9-10-25(32)24(31)15-23/h5-11,14-15,22H,12-13,16H2,1-4H3,(H,33,36). The van der Waals surface area contributed by atoms with Crippen LogP contribution >= 0.6 is 27.5 Å². The lowest BCUT2D eigenvalue weighted by Crippen LogP contribution is -2.39. The average Bonchev–Trinajstić information content (AvgIpc) is 3.22. The molecule has 2 amide bonds. The lowest BCUT2D eigenvalue weighted by atomic mass is 10.1. The molecule has 0 aromatic heterocycles. The Bertz CT molecular complexity index is 1380. The zero-order valence-electron chi connectivity index (χ0n) is 21.6. The molecule has 1 N–H and O–H groups in total. The molecule has 0 spiro atoms. The number of nitrogens with one attached hydrogen (secondary N) is 1. The zero-order chi connectivity index (χ0) is 27.6. The second-order valence-corrected chi connectivity index (χ2v) is 11.6. The molecule has 9 heteroatoms. The van der Waals surface area contributed by atoms with Gasteiger partial charge < -0.3 is 19.7 Å². The van der Waals surface area contributed by atoms with E-state index in [1.165, 1.54) is 18.2 Å². The predicted octanol–water partition coefficient (Wildman–Crippen LogP) is 7.30. The van der Waals surface area contributed by atoms with Crippen molar-refractivity contribution < 1.29 is 23.5 Å². The number of fused-ring (bicyclic) bond motifs is 1. The number of hydrogen-bond acceptors (Lipinski definition) is 4. The van der Waals surface area contributed by atoms with Crippen molar-refractivity contribution >= 4 is 39.5 Å². The highest BCUT2D eigenvalue weighted by Crippen LogP contribution is 2.32. The third-order valence-electron chi connectivity index (χ3n) is 6.01. The Morgan fingerprint density at radius 1 is 1.08 bits per heavy atom. The van der Waals surface area contributed by atoms with Crippen molar-refractivity contribution in [1.29, 1.82) is 0 Å². The van der Waals surface area contributed by atoms with E-state index in [9.17, 15) is 14.0 Å². The number of amides is 2. The number of alkyl carbamates (subject to hydrolysis) is 1. The van der Waals surface area contributed by atoms with Crippen molar-refractivity contribution in [3.8, 4) is 11.5 Å². The van der Waals surface area contributed by atoms with Crippen LogP contribution in [0.3, 0.4) is 0 Å². The van der Waals surface area contributed by atoms with Crippen LogP contribution in [0.5, 0.6) is 11.5 Å². The van der Waals surface area contributed by atoms with Crippen LogP contribution < -0.4 is 10.1 Å². The highest BCUT2D eigenvalue weighted by Gasteiger charge is 2.26. The zero-order valence-corrected chi connectivity index (χ0v) is 24.0. The van der Waals surface area contributed by atoms with Crippen LogP contribution in [0, 0.1) is 5.82 Å². The van der Waals surface area contributed by atoms with Crippen molar-refractivity contribution in [3.05, 3.63) is 92.2 Å². The Balaban J connectivity index is 1.44. The second-order valence-electron chi connectivity index (χ2n) is 10.3. The summed E-state index contributed by atoms with van der Waals surface area (Å²) < 4.78 is 25.7. The third-order valence-corrected chi connectivity index (χ3v) is 6.79. The van der Waals surface area contributed by atoms with E-state index in [0.717, 1.165) is 21.2 Å². The van der Waals surface area contributed by atoms with Crippen LogP contribution in [-0.2, 0) is 24.1 Å². The number of halogens is 3. The molecule has 1 aliphatic rings. The Morgan fingerprint density at radius 3 is 2.53 bits per heavy atom. The maximum Gasteiger partial charge on any atom is 0.407 e. The molecule has 1 unspecified atom stereocenters. The van der Waals surface area contributed by atoms with Gasteiger partial charge in [-0.05, 0) is 81.1 Å². The van der Waals surface area contributed by atoms with Crippen molar-refractivity contribution in [2.45, 2.75) is 51.8 Å². The van der Waals surface area contributed by atoms with Crippen molar-refractivity contribution in [2.24, 2.45) is 0 Å².